The minimum absolute atomic E-state index is 0.0475. The summed E-state index contributed by atoms with van der Waals surface area (Å²) in [5.74, 6) is 0. The molecule has 0 radical (unpaired) electrons. The minimum atomic E-state index is -0.0475. The van der Waals surface area contributed by atoms with Crippen LogP contribution in [0.4, 0.5) is 0 Å². The molecule has 4 heteroatoms. The van der Waals surface area contributed by atoms with Gasteiger partial charge < -0.3 is 10.6 Å². The molecule has 1 heterocycles. The summed E-state index contributed by atoms with van der Waals surface area (Å²) in [6.07, 6.45) is 5.00. The van der Waals surface area contributed by atoms with Crippen LogP contribution in [0, 0.1) is 0 Å². The van der Waals surface area contributed by atoms with E-state index in [1.165, 1.54) is 0 Å². The maximum atomic E-state index is 5.85. The Morgan fingerprint density at radius 2 is 2.25 bits per heavy atom. The summed E-state index contributed by atoms with van der Waals surface area (Å²) in [5, 5.41) is 0. The lowest BCUT2D eigenvalue weighted by Crippen LogP contribution is -2.26. The second kappa shape index (κ2) is 4.13. The van der Waals surface area contributed by atoms with Crippen LogP contribution in [0.1, 0.15) is 11.7 Å². The second-order valence-electron chi connectivity index (χ2n) is 3.00. The van der Waals surface area contributed by atoms with Crippen LogP contribution in [0.3, 0.4) is 0 Å². The van der Waals surface area contributed by atoms with Crippen molar-refractivity contribution in [2.75, 3.05) is 20.6 Å². The van der Waals surface area contributed by atoms with E-state index in [1.54, 1.807) is 18.6 Å². The van der Waals surface area contributed by atoms with Crippen molar-refractivity contribution in [3.63, 3.8) is 0 Å². The van der Waals surface area contributed by atoms with Gasteiger partial charge in [0.05, 0.1) is 17.9 Å². The van der Waals surface area contributed by atoms with Crippen molar-refractivity contribution < 1.29 is 0 Å². The lowest BCUT2D eigenvalue weighted by atomic mass is 10.2. The molecule has 4 nitrogen and oxygen atoms in total. The van der Waals surface area contributed by atoms with Gasteiger partial charge in [-0.2, -0.15) is 0 Å². The quantitative estimate of drug-likeness (QED) is 0.688. The van der Waals surface area contributed by atoms with Crippen LogP contribution in [0.15, 0.2) is 18.6 Å². The van der Waals surface area contributed by atoms with Crippen LogP contribution in [-0.4, -0.2) is 35.5 Å². The number of hydrogen-bond acceptors (Lipinski definition) is 4. The van der Waals surface area contributed by atoms with Gasteiger partial charge in [0.1, 0.15) is 0 Å². The highest BCUT2D eigenvalue weighted by Gasteiger charge is 2.07. The molecule has 0 bridgehead atoms. The molecule has 0 saturated heterocycles. The van der Waals surface area contributed by atoms with Gasteiger partial charge in [-0.05, 0) is 14.1 Å². The standard InChI is InChI=1S/C8H14N4/c1-12(2)6-7(9)8-5-10-3-4-11-8/h3-5,7H,6,9H2,1-2H3. The van der Waals surface area contributed by atoms with Gasteiger partial charge in [0.2, 0.25) is 0 Å². The zero-order chi connectivity index (χ0) is 8.97. The molecular formula is C8H14N4. The maximum Gasteiger partial charge on any atom is 0.0766 e. The van der Waals surface area contributed by atoms with E-state index in [1.807, 2.05) is 19.0 Å². The van der Waals surface area contributed by atoms with Gasteiger partial charge in [-0.25, -0.2) is 0 Å². The summed E-state index contributed by atoms with van der Waals surface area (Å²) in [6, 6.07) is -0.0475. The third-order valence-electron chi connectivity index (χ3n) is 1.52. The van der Waals surface area contributed by atoms with Crippen LogP contribution in [0.25, 0.3) is 0 Å². The molecule has 0 amide bonds. The first kappa shape index (κ1) is 9.09. The average Bonchev–Trinajstić information content (AvgIpc) is 2.05. The van der Waals surface area contributed by atoms with Crippen molar-refractivity contribution in [2.24, 2.45) is 5.73 Å². The van der Waals surface area contributed by atoms with E-state index in [2.05, 4.69) is 9.97 Å². The van der Waals surface area contributed by atoms with Crippen LogP contribution in [0.5, 0.6) is 0 Å². The van der Waals surface area contributed by atoms with Crippen molar-refractivity contribution >= 4 is 0 Å². The third kappa shape index (κ3) is 2.56. The summed E-state index contributed by atoms with van der Waals surface area (Å²) in [4.78, 5) is 10.1. The highest BCUT2D eigenvalue weighted by molar-refractivity contribution is 5.01. The van der Waals surface area contributed by atoms with Gasteiger partial charge in [-0.1, -0.05) is 0 Å². The molecule has 0 aliphatic carbocycles. The number of hydrogen-bond donors (Lipinski definition) is 1. The minimum Gasteiger partial charge on any atom is -0.322 e. The van der Waals surface area contributed by atoms with Crippen molar-refractivity contribution in [3.8, 4) is 0 Å². The topological polar surface area (TPSA) is 55.0 Å². The molecule has 66 valence electrons. The predicted octanol–water partition coefficient (Wildman–Crippen LogP) is 0.0380. The highest BCUT2D eigenvalue weighted by atomic mass is 15.1. The average molecular weight is 166 g/mol. The fourth-order valence-corrected chi connectivity index (χ4v) is 0.989. The molecule has 0 saturated carbocycles. The van der Waals surface area contributed by atoms with Crippen molar-refractivity contribution in [1.82, 2.24) is 14.9 Å². The Morgan fingerprint density at radius 3 is 2.75 bits per heavy atom. The molecule has 0 aromatic carbocycles. The summed E-state index contributed by atoms with van der Waals surface area (Å²) < 4.78 is 0. The fourth-order valence-electron chi connectivity index (χ4n) is 0.989. The predicted molar refractivity (Wildman–Crippen MR) is 47.5 cm³/mol. The number of rotatable bonds is 3. The fraction of sp³-hybridized carbons (Fsp3) is 0.500. The van der Waals surface area contributed by atoms with E-state index < -0.39 is 0 Å². The summed E-state index contributed by atoms with van der Waals surface area (Å²) >= 11 is 0. The summed E-state index contributed by atoms with van der Waals surface area (Å²) in [5.41, 5.74) is 6.69. The van der Waals surface area contributed by atoms with Crippen LogP contribution in [0.2, 0.25) is 0 Å². The first-order valence-corrected chi connectivity index (χ1v) is 3.86. The maximum absolute atomic E-state index is 5.85. The monoisotopic (exact) mass is 166 g/mol. The molecule has 12 heavy (non-hydrogen) atoms. The molecule has 1 unspecified atom stereocenters. The normalized spacial score (nSPS) is 13.3. The summed E-state index contributed by atoms with van der Waals surface area (Å²) in [7, 11) is 3.96. The first-order chi connectivity index (χ1) is 5.70. The van der Waals surface area contributed by atoms with E-state index in [0.717, 1.165) is 12.2 Å². The second-order valence-corrected chi connectivity index (χ2v) is 3.00. The van der Waals surface area contributed by atoms with E-state index >= 15 is 0 Å². The van der Waals surface area contributed by atoms with Gasteiger partial charge in [0.15, 0.2) is 0 Å². The Balaban J connectivity index is 2.59. The molecule has 1 rings (SSSR count). The number of aromatic nitrogens is 2. The van der Waals surface area contributed by atoms with Crippen LogP contribution >= 0.6 is 0 Å². The van der Waals surface area contributed by atoms with Gasteiger partial charge in [-0.3, -0.25) is 9.97 Å². The van der Waals surface area contributed by atoms with Gasteiger partial charge >= 0.3 is 0 Å². The van der Waals surface area contributed by atoms with Crippen LogP contribution < -0.4 is 5.73 Å². The Labute approximate surface area is 72.4 Å². The molecule has 1 aromatic rings. The largest absolute Gasteiger partial charge is 0.322 e. The molecular weight excluding hydrogens is 152 g/mol. The molecule has 1 aromatic heterocycles. The van der Waals surface area contributed by atoms with E-state index in [-0.39, 0.29) is 6.04 Å². The third-order valence-corrected chi connectivity index (χ3v) is 1.52. The van der Waals surface area contributed by atoms with Crippen LogP contribution in [-0.2, 0) is 0 Å². The molecule has 0 aliphatic rings. The molecule has 2 N–H and O–H groups in total. The van der Waals surface area contributed by atoms with Gasteiger partial charge in [-0.15, -0.1) is 0 Å². The lowest BCUT2D eigenvalue weighted by Gasteiger charge is -2.15. The van der Waals surface area contributed by atoms with E-state index in [4.69, 9.17) is 5.73 Å². The summed E-state index contributed by atoms with van der Waals surface area (Å²) in [6.45, 7) is 0.790. The van der Waals surface area contributed by atoms with Crippen molar-refractivity contribution in [1.29, 1.82) is 0 Å². The Hall–Kier alpha value is -1.00. The highest BCUT2D eigenvalue weighted by Crippen LogP contribution is 2.04. The first-order valence-electron chi connectivity index (χ1n) is 3.86. The Kier molecular flexibility index (Phi) is 3.13. The van der Waals surface area contributed by atoms with Crippen molar-refractivity contribution in [2.45, 2.75) is 6.04 Å². The van der Waals surface area contributed by atoms with E-state index in [9.17, 15) is 0 Å². The number of nitrogens with two attached hydrogens (primary N) is 1. The molecule has 0 aliphatic heterocycles. The Morgan fingerprint density at radius 1 is 1.50 bits per heavy atom. The molecule has 1 atom stereocenters. The lowest BCUT2D eigenvalue weighted by molar-refractivity contribution is 0.373. The smallest absolute Gasteiger partial charge is 0.0766 e. The SMILES string of the molecule is CN(C)CC(N)c1cnccn1. The zero-order valence-corrected chi connectivity index (χ0v) is 7.44. The van der Waals surface area contributed by atoms with E-state index in [0.29, 0.717) is 0 Å². The van der Waals surface area contributed by atoms with Crippen molar-refractivity contribution in [3.05, 3.63) is 24.3 Å². The number of nitrogens with zero attached hydrogens (tertiary/aromatic N) is 3. The molecule has 0 spiro atoms. The number of likely N-dealkylation sites (N-methyl/N-ethyl adjacent to an activating group) is 1. The van der Waals surface area contributed by atoms with Gasteiger partial charge in [0, 0.05) is 18.9 Å². The zero-order valence-electron chi connectivity index (χ0n) is 7.44. The van der Waals surface area contributed by atoms with Gasteiger partial charge in [0.25, 0.3) is 0 Å². The Bertz CT molecular complexity index is 222. The molecule has 0 fully saturated rings.